The average molecular weight is 266 g/mol. The summed E-state index contributed by atoms with van der Waals surface area (Å²) < 4.78 is 10.5. The van der Waals surface area contributed by atoms with Crippen LogP contribution in [0.4, 0.5) is 0 Å². The first-order valence-corrected chi connectivity index (χ1v) is 6.07. The molecule has 0 aromatic heterocycles. The van der Waals surface area contributed by atoms with Crippen molar-refractivity contribution in [1.29, 1.82) is 5.26 Å². The lowest BCUT2D eigenvalue weighted by Crippen LogP contribution is -1.96. The van der Waals surface area contributed by atoms with Crippen LogP contribution in [-0.4, -0.2) is 14.2 Å². The molecule has 0 radical (unpaired) electrons. The van der Waals surface area contributed by atoms with Gasteiger partial charge in [-0.2, -0.15) is 5.26 Å². The van der Waals surface area contributed by atoms with E-state index >= 15 is 0 Å². The van der Waals surface area contributed by atoms with E-state index in [1.54, 1.807) is 26.4 Å². The molecule has 0 saturated carbocycles. The molecule has 0 spiro atoms. The number of rotatable bonds is 5. The van der Waals surface area contributed by atoms with Crippen molar-refractivity contribution in [2.24, 2.45) is 0 Å². The molecule has 1 aromatic carbocycles. The van der Waals surface area contributed by atoms with Crippen molar-refractivity contribution in [2.75, 3.05) is 14.2 Å². The molecule has 0 saturated heterocycles. The lowest BCUT2D eigenvalue weighted by Gasteiger charge is -2.13. The number of hydrogen-bond donors (Lipinski definition) is 0. The first-order chi connectivity index (χ1) is 8.69. The largest absolute Gasteiger partial charge is 0.496 e. The molecule has 18 heavy (non-hydrogen) atoms. The lowest BCUT2D eigenvalue weighted by atomic mass is 10.1. The van der Waals surface area contributed by atoms with Crippen molar-refractivity contribution in [1.82, 2.24) is 0 Å². The SMILES string of the molecule is CCCC(C#N)=C(Cl)c1c(OC)cccc1OC. The molecule has 0 atom stereocenters. The van der Waals surface area contributed by atoms with Gasteiger partial charge < -0.3 is 9.47 Å². The van der Waals surface area contributed by atoms with Gasteiger partial charge in [-0.1, -0.05) is 31.0 Å². The topological polar surface area (TPSA) is 42.2 Å². The molecule has 1 rings (SSSR count). The molecular weight excluding hydrogens is 250 g/mol. The Balaban J connectivity index is 3.43. The minimum atomic E-state index is 0.397. The fourth-order valence-corrected chi connectivity index (χ4v) is 2.01. The second-order valence-electron chi connectivity index (χ2n) is 3.69. The van der Waals surface area contributed by atoms with Gasteiger partial charge in [0.25, 0.3) is 0 Å². The van der Waals surface area contributed by atoms with Crippen LogP contribution in [-0.2, 0) is 0 Å². The minimum Gasteiger partial charge on any atom is -0.496 e. The Morgan fingerprint density at radius 1 is 1.28 bits per heavy atom. The van der Waals surface area contributed by atoms with E-state index in [1.807, 2.05) is 13.0 Å². The summed E-state index contributed by atoms with van der Waals surface area (Å²) in [5, 5.41) is 9.54. The Hall–Kier alpha value is -1.66. The second-order valence-corrected chi connectivity index (χ2v) is 4.07. The fraction of sp³-hybridized carbons (Fsp3) is 0.357. The van der Waals surface area contributed by atoms with Crippen LogP contribution in [0.3, 0.4) is 0 Å². The third-order valence-corrected chi connectivity index (χ3v) is 2.96. The summed E-state index contributed by atoms with van der Waals surface area (Å²) >= 11 is 6.32. The zero-order chi connectivity index (χ0) is 13.5. The van der Waals surface area contributed by atoms with Crippen molar-refractivity contribution in [3.8, 4) is 17.6 Å². The summed E-state index contributed by atoms with van der Waals surface area (Å²) in [6.07, 6.45) is 1.49. The Morgan fingerprint density at radius 2 is 1.83 bits per heavy atom. The van der Waals surface area contributed by atoms with Crippen LogP contribution in [0.5, 0.6) is 11.5 Å². The number of benzene rings is 1. The van der Waals surface area contributed by atoms with Gasteiger partial charge in [-0.3, -0.25) is 0 Å². The number of hydrogen-bond acceptors (Lipinski definition) is 3. The van der Waals surface area contributed by atoms with Crippen LogP contribution in [0.1, 0.15) is 25.3 Å². The monoisotopic (exact) mass is 265 g/mol. The van der Waals surface area contributed by atoms with Crippen LogP contribution in [0.15, 0.2) is 23.8 Å². The molecule has 0 aliphatic carbocycles. The Labute approximate surface area is 113 Å². The van der Waals surface area contributed by atoms with Crippen molar-refractivity contribution in [3.63, 3.8) is 0 Å². The van der Waals surface area contributed by atoms with Gasteiger partial charge in [0.1, 0.15) is 11.5 Å². The minimum absolute atomic E-state index is 0.397. The van der Waals surface area contributed by atoms with E-state index in [0.29, 0.717) is 34.1 Å². The predicted molar refractivity (Wildman–Crippen MR) is 72.8 cm³/mol. The van der Waals surface area contributed by atoms with Gasteiger partial charge in [0.2, 0.25) is 0 Å². The Bertz CT molecular complexity index is 467. The molecule has 0 N–H and O–H groups in total. The van der Waals surface area contributed by atoms with Crippen molar-refractivity contribution >= 4 is 16.6 Å². The highest BCUT2D eigenvalue weighted by molar-refractivity contribution is 6.50. The molecule has 0 aliphatic rings. The molecule has 0 aliphatic heterocycles. The number of halogens is 1. The zero-order valence-electron chi connectivity index (χ0n) is 10.8. The van der Waals surface area contributed by atoms with E-state index in [9.17, 15) is 0 Å². The predicted octanol–water partition coefficient (Wildman–Crippen LogP) is 3.98. The van der Waals surface area contributed by atoms with E-state index < -0.39 is 0 Å². The molecule has 3 nitrogen and oxygen atoms in total. The second kappa shape index (κ2) is 6.93. The number of nitrogens with zero attached hydrogens (tertiary/aromatic N) is 1. The zero-order valence-corrected chi connectivity index (χ0v) is 11.5. The molecule has 96 valence electrons. The highest BCUT2D eigenvalue weighted by Gasteiger charge is 2.16. The van der Waals surface area contributed by atoms with Gasteiger partial charge in [0, 0.05) is 5.57 Å². The van der Waals surface area contributed by atoms with E-state index in [0.717, 1.165) is 6.42 Å². The van der Waals surface area contributed by atoms with Gasteiger partial charge in [-0.15, -0.1) is 0 Å². The average Bonchev–Trinajstić information content (AvgIpc) is 2.42. The maximum atomic E-state index is 9.14. The fourth-order valence-electron chi connectivity index (χ4n) is 1.68. The Morgan fingerprint density at radius 3 is 2.22 bits per heavy atom. The van der Waals surface area contributed by atoms with E-state index in [2.05, 4.69) is 6.07 Å². The van der Waals surface area contributed by atoms with E-state index in [1.165, 1.54) is 0 Å². The Kier molecular flexibility index (Phi) is 5.54. The molecule has 0 unspecified atom stereocenters. The molecule has 0 heterocycles. The number of methoxy groups -OCH3 is 2. The molecule has 0 bridgehead atoms. The number of nitriles is 1. The van der Waals surface area contributed by atoms with Gasteiger partial charge in [0.05, 0.1) is 30.9 Å². The molecule has 4 heteroatoms. The van der Waals surface area contributed by atoms with Crippen LogP contribution < -0.4 is 9.47 Å². The van der Waals surface area contributed by atoms with Crippen LogP contribution in [0.25, 0.3) is 5.03 Å². The summed E-state index contributed by atoms with van der Waals surface area (Å²) in [7, 11) is 3.13. The smallest absolute Gasteiger partial charge is 0.131 e. The maximum absolute atomic E-state index is 9.14. The lowest BCUT2D eigenvalue weighted by molar-refractivity contribution is 0.392. The van der Waals surface area contributed by atoms with Gasteiger partial charge in [-0.25, -0.2) is 0 Å². The summed E-state index contributed by atoms with van der Waals surface area (Å²) in [4.78, 5) is 0. The molecule has 0 amide bonds. The molecule has 0 fully saturated rings. The maximum Gasteiger partial charge on any atom is 0.131 e. The summed E-state index contributed by atoms with van der Waals surface area (Å²) in [5.74, 6) is 1.20. The first kappa shape index (κ1) is 14.4. The van der Waals surface area contributed by atoms with Crippen LogP contribution in [0, 0.1) is 11.3 Å². The van der Waals surface area contributed by atoms with Crippen molar-refractivity contribution in [2.45, 2.75) is 19.8 Å². The van der Waals surface area contributed by atoms with Crippen LogP contribution in [0.2, 0.25) is 0 Å². The normalized spacial score (nSPS) is 11.5. The molecular formula is C14H16ClNO2. The number of allylic oxidation sites excluding steroid dienone is 1. The van der Waals surface area contributed by atoms with Crippen molar-refractivity contribution in [3.05, 3.63) is 29.3 Å². The van der Waals surface area contributed by atoms with Crippen LogP contribution >= 0.6 is 11.6 Å². The number of ether oxygens (including phenoxy) is 2. The van der Waals surface area contributed by atoms with Gasteiger partial charge >= 0.3 is 0 Å². The summed E-state index contributed by atoms with van der Waals surface area (Å²) in [6, 6.07) is 7.54. The summed E-state index contributed by atoms with van der Waals surface area (Å²) in [5.41, 5.74) is 1.18. The third-order valence-electron chi connectivity index (χ3n) is 2.55. The van der Waals surface area contributed by atoms with E-state index in [-0.39, 0.29) is 0 Å². The standard InChI is InChI=1S/C14H16ClNO2/c1-4-6-10(9-16)14(15)13-11(17-2)7-5-8-12(13)18-3/h5,7-8H,4,6H2,1-3H3. The molecule has 1 aromatic rings. The quantitative estimate of drug-likeness (QED) is 0.757. The highest BCUT2D eigenvalue weighted by Crippen LogP contribution is 2.39. The first-order valence-electron chi connectivity index (χ1n) is 5.69. The summed E-state index contributed by atoms with van der Waals surface area (Å²) in [6.45, 7) is 2.00. The van der Waals surface area contributed by atoms with E-state index in [4.69, 9.17) is 26.3 Å². The van der Waals surface area contributed by atoms with Gasteiger partial charge in [-0.05, 0) is 18.6 Å². The van der Waals surface area contributed by atoms with Crippen molar-refractivity contribution < 1.29 is 9.47 Å². The third kappa shape index (κ3) is 2.96. The highest BCUT2D eigenvalue weighted by atomic mass is 35.5. The van der Waals surface area contributed by atoms with Gasteiger partial charge in [0.15, 0.2) is 0 Å².